The van der Waals surface area contributed by atoms with Gasteiger partial charge in [-0.2, -0.15) is 0 Å². The summed E-state index contributed by atoms with van der Waals surface area (Å²) in [5.41, 5.74) is 5.80. The fraction of sp³-hybridized carbons (Fsp3) is 0.0476. The Balaban J connectivity index is 1.62. The van der Waals surface area contributed by atoms with Gasteiger partial charge in [0.1, 0.15) is 17.4 Å². The number of hydrogen-bond donors (Lipinski definition) is 2. The second-order valence-electron chi connectivity index (χ2n) is 6.12. The molecule has 0 radical (unpaired) electrons. The van der Waals surface area contributed by atoms with Crippen molar-refractivity contribution in [2.75, 3.05) is 7.11 Å². The molecule has 5 heteroatoms. The summed E-state index contributed by atoms with van der Waals surface area (Å²) in [6.45, 7) is 0. The lowest BCUT2D eigenvalue weighted by molar-refractivity contribution is 0.416. The summed E-state index contributed by atoms with van der Waals surface area (Å²) in [5, 5.41) is 0. The van der Waals surface area contributed by atoms with Crippen LogP contribution < -0.4 is 4.74 Å². The van der Waals surface area contributed by atoms with Crippen molar-refractivity contribution in [3.63, 3.8) is 0 Å². The van der Waals surface area contributed by atoms with Gasteiger partial charge in [0.25, 0.3) is 0 Å². The molecule has 0 aliphatic heterocycles. The number of ether oxygens (including phenoxy) is 1. The number of nitrogens with one attached hydrogen (secondary N) is 2. The first-order valence-electron chi connectivity index (χ1n) is 8.40. The second kappa shape index (κ2) is 5.74. The zero-order valence-electron chi connectivity index (χ0n) is 14.2. The maximum Gasteiger partial charge on any atom is 0.142 e. The molecule has 3 aromatic carbocycles. The zero-order valence-corrected chi connectivity index (χ0v) is 14.2. The van der Waals surface area contributed by atoms with Crippen LogP contribution in [0.5, 0.6) is 5.75 Å². The first-order chi connectivity index (χ1) is 12.8. The van der Waals surface area contributed by atoms with Crippen molar-refractivity contribution in [3.05, 3.63) is 66.7 Å². The highest BCUT2D eigenvalue weighted by Crippen LogP contribution is 2.33. The maximum atomic E-state index is 5.63. The quantitative estimate of drug-likeness (QED) is 0.496. The minimum Gasteiger partial charge on any atom is -0.496 e. The Kier molecular flexibility index (Phi) is 3.25. The SMILES string of the molecule is COc1cc(-c2nc3ccccc3[nH]2)ccc1-c1nc2ccccc2[nH]1. The normalized spacial score (nSPS) is 11.3. The van der Waals surface area contributed by atoms with Crippen LogP contribution in [-0.4, -0.2) is 27.0 Å². The van der Waals surface area contributed by atoms with E-state index in [0.717, 1.165) is 50.6 Å². The van der Waals surface area contributed by atoms with E-state index in [4.69, 9.17) is 4.74 Å². The Morgan fingerprint density at radius 3 is 2.00 bits per heavy atom. The number of fused-ring (bicyclic) bond motifs is 2. The number of H-pyrrole nitrogens is 2. The van der Waals surface area contributed by atoms with Gasteiger partial charge in [0.15, 0.2) is 0 Å². The third kappa shape index (κ3) is 2.33. The fourth-order valence-corrected chi connectivity index (χ4v) is 3.20. The van der Waals surface area contributed by atoms with Crippen molar-refractivity contribution in [2.45, 2.75) is 0 Å². The lowest BCUT2D eigenvalue weighted by Crippen LogP contribution is -1.91. The van der Waals surface area contributed by atoms with Gasteiger partial charge in [0.05, 0.1) is 34.7 Å². The zero-order chi connectivity index (χ0) is 17.5. The molecule has 0 bridgehead atoms. The molecule has 0 fully saturated rings. The van der Waals surface area contributed by atoms with Crippen molar-refractivity contribution in [3.8, 4) is 28.5 Å². The van der Waals surface area contributed by atoms with Crippen LogP contribution in [0.1, 0.15) is 0 Å². The summed E-state index contributed by atoms with van der Waals surface area (Å²) in [6, 6.07) is 22.0. The predicted octanol–water partition coefficient (Wildman–Crippen LogP) is 4.78. The number of rotatable bonds is 3. The molecule has 26 heavy (non-hydrogen) atoms. The Hall–Kier alpha value is -3.60. The van der Waals surface area contributed by atoms with Gasteiger partial charge in [0, 0.05) is 5.56 Å². The third-order valence-electron chi connectivity index (χ3n) is 4.51. The summed E-state index contributed by atoms with van der Waals surface area (Å²) in [5.74, 6) is 2.36. The number of hydrogen-bond acceptors (Lipinski definition) is 3. The van der Waals surface area contributed by atoms with Crippen molar-refractivity contribution in [1.29, 1.82) is 0 Å². The number of aromatic amines is 2. The summed E-state index contributed by atoms with van der Waals surface area (Å²) < 4.78 is 5.63. The number of para-hydroxylation sites is 4. The first-order valence-corrected chi connectivity index (χ1v) is 8.40. The molecule has 0 aliphatic rings. The summed E-state index contributed by atoms with van der Waals surface area (Å²) in [4.78, 5) is 16.0. The van der Waals surface area contributed by atoms with E-state index in [1.807, 2.05) is 66.7 Å². The van der Waals surface area contributed by atoms with Crippen LogP contribution in [0.4, 0.5) is 0 Å². The van der Waals surface area contributed by atoms with Crippen molar-refractivity contribution >= 4 is 22.1 Å². The minimum atomic E-state index is 0.752. The van der Waals surface area contributed by atoms with E-state index in [-0.39, 0.29) is 0 Å². The molecule has 5 nitrogen and oxygen atoms in total. The van der Waals surface area contributed by atoms with Gasteiger partial charge in [-0.25, -0.2) is 9.97 Å². The number of imidazole rings is 2. The maximum absolute atomic E-state index is 5.63. The lowest BCUT2D eigenvalue weighted by Gasteiger charge is -2.08. The highest BCUT2D eigenvalue weighted by Gasteiger charge is 2.13. The summed E-state index contributed by atoms with van der Waals surface area (Å²) >= 11 is 0. The van der Waals surface area contributed by atoms with Gasteiger partial charge >= 0.3 is 0 Å². The van der Waals surface area contributed by atoms with Gasteiger partial charge < -0.3 is 14.7 Å². The van der Waals surface area contributed by atoms with E-state index in [1.54, 1.807) is 7.11 Å². The van der Waals surface area contributed by atoms with Gasteiger partial charge in [-0.15, -0.1) is 0 Å². The molecule has 0 atom stereocenters. The molecule has 0 aliphatic carbocycles. The van der Waals surface area contributed by atoms with Gasteiger partial charge in [0.2, 0.25) is 0 Å². The number of benzene rings is 3. The molecule has 5 rings (SSSR count). The van der Waals surface area contributed by atoms with Crippen molar-refractivity contribution in [2.24, 2.45) is 0 Å². The highest BCUT2D eigenvalue weighted by atomic mass is 16.5. The topological polar surface area (TPSA) is 66.6 Å². The molecule has 0 spiro atoms. The molecule has 0 saturated carbocycles. The van der Waals surface area contributed by atoms with Crippen molar-refractivity contribution in [1.82, 2.24) is 19.9 Å². The predicted molar refractivity (Wildman–Crippen MR) is 103 cm³/mol. The number of aromatic nitrogens is 4. The van der Waals surface area contributed by atoms with Crippen LogP contribution in [0.15, 0.2) is 66.7 Å². The smallest absolute Gasteiger partial charge is 0.142 e. The Labute approximate surface area is 149 Å². The standard InChI is InChI=1S/C21H16N4O/c1-26-19-12-13(20-22-15-6-2-3-7-16(15)23-20)10-11-14(19)21-24-17-8-4-5-9-18(17)25-21/h2-12H,1H3,(H,22,23)(H,24,25). The third-order valence-corrected chi connectivity index (χ3v) is 4.51. The Morgan fingerprint density at radius 1 is 0.731 bits per heavy atom. The first kappa shape index (κ1) is 14.7. The minimum absolute atomic E-state index is 0.752. The summed E-state index contributed by atoms with van der Waals surface area (Å²) in [7, 11) is 1.67. The largest absolute Gasteiger partial charge is 0.496 e. The molecule has 2 aromatic heterocycles. The molecule has 2 heterocycles. The van der Waals surface area contributed by atoms with E-state index < -0.39 is 0 Å². The highest BCUT2D eigenvalue weighted by molar-refractivity contribution is 5.83. The van der Waals surface area contributed by atoms with E-state index in [0.29, 0.717) is 0 Å². The van der Waals surface area contributed by atoms with Crippen LogP contribution >= 0.6 is 0 Å². The fourth-order valence-electron chi connectivity index (χ4n) is 3.20. The van der Waals surface area contributed by atoms with E-state index >= 15 is 0 Å². The molecule has 0 unspecified atom stereocenters. The van der Waals surface area contributed by atoms with Crippen LogP contribution in [-0.2, 0) is 0 Å². The molecule has 5 aromatic rings. The lowest BCUT2D eigenvalue weighted by atomic mass is 10.1. The van der Waals surface area contributed by atoms with Crippen molar-refractivity contribution < 1.29 is 4.74 Å². The molecular formula is C21H16N4O. The molecule has 2 N–H and O–H groups in total. The van der Waals surface area contributed by atoms with Crippen LogP contribution in [0.2, 0.25) is 0 Å². The summed E-state index contributed by atoms with van der Waals surface area (Å²) in [6.07, 6.45) is 0. The van der Waals surface area contributed by atoms with E-state index in [1.165, 1.54) is 0 Å². The second-order valence-corrected chi connectivity index (χ2v) is 6.12. The molecular weight excluding hydrogens is 324 g/mol. The monoisotopic (exact) mass is 340 g/mol. The van der Waals surface area contributed by atoms with Crippen LogP contribution in [0.3, 0.4) is 0 Å². The van der Waals surface area contributed by atoms with Gasteiger partial charge in [-0.1, -0.05) is 30.3 Å². The number of nitrogens with zero attached hydrogens (tertiary/aromatic N) is 2. The average Bonchev–Trinajstić information content (AvgIpc) is 3.31. The molecule has 126 valence electrons. The van der Waals surface area contributed by atoms with Crippen LogP contribution in [0.25, 0.3) is 44.8 Å². The van der Waals surface area contributed by atoms with E-state index in [2.05, 4.69) is 19.9 Å². The molecule has 0 saturated heterocycles. The van der Waals surface area contributed by atoms with Crippen LogP contribution in [0, 0.1) is 0 Å². The Bertz CT molecular complexity index is 1170. The average molecular weight is 340 g/mol. The molecule has 0 amide bonds. The number of methoxy groups -OCH3 is 1. The van der Waals surface area contributed by atoms with Gasteiger partial charge in [-0.05, 0) is 36.4 Å². The van der Waals surface area contributed by atoms with E-state index in [9.17, 15) is 0 Å². The Morgan fingerprint density at radius 2 is 1.35 bits per heavy atom. The van der Waals surface area contributed by atoms with Gasteiger partial charge in [-0.3, -0.25) is 0 Å².